The normalized spacial score (nSPS) is 13.2. The number of allylic oxidation sites excluding steroid dienone is 4. The van der Waals surface area contributed by atoms with Crippen LogP contribution in [0.15, 0.2) is 66.9 Å². The molecule has 0 saturated carbocycles. The highest BCUT2D eigenvalue weighted by atomic mass is 31.2. The number of aliphatic hydroxyl groups excluding tert-OH is 1. The lowest BCUT2D eigenvalue weighted by atomic mass is 10.0. The number of ether oxygens (including phenoxy) is 1. The zero-order valence-electron chi connectivity index (χ0n) is 27.8. The first kappa shape index (κ1) is 42.3. The van der Waals surface area contributed by atoms with Crippen LogP contribution in [0.3, 0.4) is 0 Å². The molecule has 0 heterocycles. The lowest BCUT2D eigenvalue weighted by molar-refractivity contribution is -0.113. The first-order valence-corrected chi connectivity index (χ1v) is 17.5. The molecular weight excluding hydrogens is 593 g/mol. The van der Waals surface area contributed by atoms with Crippen LogP contribution in [0.1, 0.15) is 95.8 Å². The standard InChI is InChI=1S/C20H32N3O6P.C11H18O.C3H8/c1-3-5-6-10-22-14-18(24)16-7-8-19(29-30(26,27)28)17(13-16)15-23(11-4-2)12-9-20(21)25;1-12-10-6-5-9-11-7-3-2-4-8-11;1-3-2/h4,7-9,12-13,18,22,24H,2-3,5-6,10-11,14-15H2,1H3,(H2,21,25)(H2,26,27,28);3,7-8H,2,4-6,9-10H2,1H3;3H2,1-2H3/b12-9+;;. The van der Waals surface area contributed by atoms with E-state index >= 15 is 0 Å². The minimum Gasteiger partial charge on any atom is -0.404 e. The van der Waals surface area contributed by atoms with Gasteiger partial charge in [0.2, 0.25) is 5.91 Å². The van der Waals surface area contributed by atoms with Crippen molar-refractivity contribution < 1.29 is 33.5 Å². The van der Waals surface area contributed by atoms with Crippen LogP contribution in [0.25, 0.3) is 0 Å². The second-order valence-electron chi connectivity index (χ2n) is 10.7. The molecule has 0 aliphatic heterocycles. The summed E-state index contributed by atoms with van der Waals surface area (Å²) in [6.45, 7) is 12.6. The van der Waals surface area contributed by atoms with Crippen LogP contribution in [0, 0.1) is 0 Å². The molecule has 1 aromatic rings. The number of unbranched alkanes of at least 4 members (excludes halogenated alkanes) is 3. The molecule has 1 amide bonds. The maximum absolute atomic E-state index is 11.3. The minimum absolute atomic E-state index is 0.0169. The molecule has 0 radical (unpaired) electrons. The van der Waals surface area contributed by atoms with Crippen molar-refractivity contribution >= 4 is 13.7 Å². The molecule has 1 aromatic carbocycles. The van der Waals surface area contributed by atoms with E-state index in [9.17, 15) is 24.3 Å². The van der Waals surface area contributed by atoms with E-state index in [1.54, 1.807) is 30.2 Å². The van der Waals surface area contributed by atoms with Gasteiger partial charge >= 0.3 is 7.82 Å². The molecule has 1 atom stereocenters. The Kier molecular flexibility index (Phi) is 24.9. The molecule has 0 aromatic heterocycles. The number of rotatable bonds is 20. The van der Waals surface area contributed by atoms with Crippen molar-refractivity contribution in [2.45, 2.75) is 91.2 Å². The number of carbonyl (C=O) groups is 1. The molecule has 1 aliphatic carbocycles. The number of benzene rings is 1. The van der Waals surface area contributed by atoms with Crippen LogP contribution < -0.4 is 15.6 Å². The number of phosphoric acid groups is 1. The zero-order chi connectivity index (χ0) is 33.9. The van der Waals surface area contributed by atoms with Gasteiger partial charge in [-0.05, 0) is 62.8 Å². The fourth-order valence-corrected chi connectivity index (χ4v) is 4.61. The number of carbonyl (C=O) groups excluding carboxylic acids is 1. The van der Waals surface area contributed by atoms with E-state index in [4.69, 9.17) is 15.0 Å². The number of nitrogens with zero attached hydrogens (tertiary/aromatic N) is 1. The number of aliphatic hydroxyl groups is 1. The summed E-state index contributed by atoms with van der Waals surface area (Å²) in [4.78, 5) is 31.1. The highest BCUT2D eigenvalue weighted by Crippen LogP contribution is 2.40. The number of nitrogens with two attached hydrogens (primary N) is 1. The lowest BCUT2D eigenvalue weighted by Crippen LogP contribution is -2.23. The summed E-state index contributed by atoms with van der Waals surface area (Å²) in [6.07, 6.45) is 20.9. The summed E-state index contributed by atoms with van der Waals surface area (Å²) in [7, 11) is -3.01. The summed E-state index contributed by atoms with van der Waals surface area (Å²) in [5.74, 6) is -0.647. The topological polar surface area (TPSA) is 155 Å². The predicted molar refractivity (Wildman–Crippen MR) is 184 cm³/mol. The van der Waals surface area contributed by atoms with E-state index in [1.165, 1.54) is 62.4 Å². The molecule has 0 fully saturated rings. The van der Waals surface area contributed by atoms with E-state index in [1.807, 2.05) is 0 Å². The Balaban J connectivity index is 0.00000106. The maximum Gasteiger partial charge on any atom is 0.524 e. The smallest absolute Gasteiger partial charge is 0.404 e. The molecule has 0 bridgehead atoms. The number of amides is 1. The second kappa shape index (κ2) is 26.5. The van der Waals surface area contributed by atoms with Crippen molar-refractivity contribution in [3.63, 3.8) is 0 Å². The van der Waals surface area contributed by atoms with Gasteiger partial charge in [0.05, 0.1) is 6.10 Å². The Bertz CT molecular complexity index is 1090. The number of primary amides is 1. The third-order valence-electron chi connectivity index (χ3n) is 6.30. The number of phosphoric ester groups is 1. The molecule has 0 spiro atoms. The van der Waals surface area contributed by atoms with Crippen LogP contribution in [0.2, 0.25) is 0 Å². The fourth-order valence-electron chi connectivity index (χ4n) is 4.17. The van der Waals surface area contributed by atoms with Crippen molar-refractivity contribution in [1.29, 1.82) is 0 Å². The Hall–Kier alpha value is -2.72. The van der Waals surface area contributed by atoms with Gasteiger partial charge < -0.3 is 30.3 Å². The average molecular weight is 652 g/mol. The molecule has 0 saturated heterocycles. The van der Waals surface area contributed by atoms with E-state index in [0.29, 0.717) is 24.2 Å². The second-order valence-corrected chi connectivity index (χ2v) is 11.9. The van der Waals surface area contributed by atoms with Crippen molar-refractivity contribution in [2.75, 3.05) is 33.4 Å². The quantitative estimate of drug-likeness (QED) is 0.0463. The van der Waals surface area contributed by atoms with E-state index < -0.39 is 19.8 Å². The molecular formula is C34H58N3O7P. The third-order valence-corrected chi connectivity index (χ3v) is 6.74. The van der Waals surface area contributed by atoms with Gasteiger partial charge in [-0.3, -0.25) is 14.6 Å². The Morgan fingerprint density at radius 3 is 2.49 bits per heavy atom. The molecule has 45 heavy (non-hydrogen) atoms. The Morgan fingerprint density at radius 2 is 1.91 bits per heavy atom. The van der Waals surface area contributed by atoms with Gasteiger partial charge in [-0.15, -0.1) is 6.58 Å². The number of nitrogens with one attached hydrogen (secondary N) is 1. The number of hydrogen-bond acceptors (Lipinski definition) is 7. The minimum atomic E-state index is -4.78. The first-order chi connectivity index (χ1) is 21.5. The van der Waals surface area contributed by atoms with Gasteiger partial charge in [-0.2, -0.15) is 0 Å². The lowest BCUT2D eigenvalue weighted by Gasteiger charge is -2.22. The van der Waals surface area contributed by atoms with Gasteiger partial charge in [-0.1, -0.05) is 76.0 Å². The molecule has 1 unspecified atom stereocenters. The van der Waals surface area contributed by atoms with Crippen molar-refractivity contribution in [1.82, 2.24) is 10.2 Å². The highest BCUT2D eigenvalue weighted by Gasteiger charge is 2.20. The Labute approximate surface area is 271 Å². The first-order valence-electron chi connectivity index (χ1n) is 15.9. The fraction of sp³-hybridized carbons (Fsp3) is 0.559. The summed E-state index contributed by atoms with van der Waals surface area (Å²) in [6, 6.07) is 4.59. The summed E-state index contributed by atoms with van der Waals surface area (Å²) in [5.41, 5.74) is 7.65. The van der Waals surface area contributed by atoms with E-state index in [-0.39, 0.29) is 12.3 Å². The van der Waals surface area contributed by atoms with Gasteiger partial charge in [0.15, 0.2) is 0 Å². The van der Waals surface area contributed by atoms with Gasteiger partial charge in [-0.25, -0.2) is 4.57 Å². The van der Waals surface area contributed by atoms with Crippen LogP contribution >= 0.6 is 7.82 Å². The van der Waals surface area contributed by atoms with Gasteiger partial charge in [0.1, 0.15) is 5.75 Å². The largest absolute Gasteiger partial charge is 0.524 e. The summed E-state index contributed by atoms with van der Waals surface area (Å²) in [5, 5.41) is 13.7. The summed E-state index contributed by atoms with van der Waals surface area (Å²) >= 11 is 0. The van der Waals surface area contributed by atoms with E-state index in [2.05, 4.69) is 50.9 Å². The molecule has 2 rings (SSSR count). The monoisotopic (exact) mass is 651 g/mol. The number of methoxy groups -OCH3 is 1. The molecule has 1 aliphatic rings. The van der Waals surface area contributed by atoms with Crippen molar-refractivity contribution in [2.24, 2.45) is 5.73 Å². The summed E-state index contributed by atoms with van der Waals surface area (Å²) < 4.78 is 21.1. The highest BCUT2D eigenvalue weighted by molar-refractivity contribution is 7.46. The molecule has 6 N–H and O–H groups in total. The molecule has 10 nitrogen and oxygen atoms in total. The Morgan fingerprint density at radius 1 is 1.18 bits per heavy atom. The van der Waals surface area contributed by atoms with Crippen LogP contribution in [0.4, 0.5) is 0 Å². The predicted octanol–water partition coefficient (Wildman–Crippen LogP) is 6.45. The average Bonchev–Trinajstić information content (AvgIpc) is 2.99. The molecule has 11 heteroatoms. The maximum atomic E-state index is 11.3. The number of hydrogen-bond donors (Lipinski definition) is 5. The zero-order valence-corrected chi connectivity index (χ0v) is 28.7. The van der Waals surface area contributed by atoms with Gasteiger partial charge in [0.25, 0.3) is 0 Å². The van der Waals surface area contributed by atoms with Crippen LogP contribution in [-0.4, -0.2) is 59.1 Å². The third kappa shape index (κ3) is 23.3. The molecule has 256 valence electrons. The van der Waals surface area contributed by atoms with Gasteiger partial charge in [0, 0.05) is 51.2 Å². The SMILES string of the molecule is C=CCN(/C=C/C(N)=O)Cc1cc(C(O)CNCCCCC)ccc1OP(=O)(O)O.CCC.COCCCCC1=CCCC=C1. The van der Waals surface area contributed by atoms with E-state index in [0.717, 1.165) is 32.4 Å². The van der Waals surface area contributed by atoms with Crippen molar-refractivity contribution in [3.8, 4) is 5.75 Å². The van der Waals surface area contributed by atoms with Crippen LogP contribution in [-0.2, 0) is 20.6 Å². The van der Waals surface area contributed by atoms with Crippen LogP contribution in [0.5, 0.6) is 5.75 Å². The van der Waals surface area contributed by atoms with Crippen molar-refractivity contribution in [3.05, 3.63) is 78.1 Å².